The number of benzene rings is 1. The quantitative estimate of drug-likeness (QED) is 0.380. The van der Waals surface area contributed by atoms with Crippen LogP contribution >= 0.6 is 0 Å². The van der Waals surface area contributed by atoms with Gasteiger partial charge >= 0.3 is 11.9 Å². The maximum Gasteiger partial charge on any atom is 0.336 e. The molecule has 3 rings (SSSR count). The summed E-state index contributed by atoms with van der Waals surface area (Å²) < 4.78 is 30.7. The summed E-state index contributed by atoms with van der Waals surface area (Å²) in [6.07, 6.45) is 0.366. The van der Waals surface area contributed by atoms with Crippen LogP contribution in [0.15, 0.2) is 46.8 Å². The number of nitrogens with one attached hydrogen (secondary N) is 1. The number of halogens is 1. The van der Waals surface area contributed by atoms with Crippen molar-refractivity contribution in [3.05, 3.63) is 58.2 Å². The Balaban J connectivity index is 2.05. The van der Waals surface area contributed by atoms with Crippen molar-refractivity contribution >= 4 is 17.7 Å². The minimum atomic E-state index is -1.03. The van der Waals surface area contributed by atoms with Crippen LogP contribution in [0, 0.1) is 17.7 Å². The minimum Gasteiger partial charge on any atom is -0.468 e. The summed E-state index contributed by atoms with van der Waals surface area (Å²) in [5.41, 5.74) is 1.56. The monoisotopic (exact) mass is 459 g/mol. The molecule has 1 aromatic carbocycles. The number of methoxy groups -OCH3 is 1. The lowest BCUT2D eigenvalue weighted by Crippen LogP contribution is -2.43. The van der Waals surface area contributed by atoms with Crippen LogP contribution in [0.4, 0.5) is 4.39 Å². The van der Waals surface area contributed by atoms with E-state index in [2.05, 4.69) is 5.32 Å². The molecule has 178 valence electrons. The van der Waals surface area contributed by atoms with E-state index in [1.807, 2.05) is 13.8 Å². The number of hydrogen-bond donors (Lipinski definition) is 1. The van der Waals surface area contributed by atoms with Crippen molar-refractivity contribution in [2.24, 2.45) is 11.8 Å². The van der Waals surface area contributed by atoms with Gasteiger partial charge in [-0.25, -0.2) is 9.18 Å². The highest BCUT2D eigenvalue weighted by atomic mass is 19.1. The number of ketones is 1. The summed E-state index contributed by atoms with van der Waals surface area (Å²) in [7, 11) is 1.23. The predicted octanol–water partition coefficient (Wildman–Crippen LogP) is 3.41. The zero-order valence-electron chi connectivity index (χ0n) is 19.6. The highest BCUT2D eigenvalue weighted by Gasteiger charge is 2.47. The molecule has 1 aromatic rings. The average Bonchev–Trinajstić information content (AvgIpc) is 2.75. The number of carbonyl (C=O) groups is 3. The van der Waals surface area contributed by atoms with Crippen molar-refractivity contribution in [2.45, 2.75) is 46.1 Å². The lowest BCUT2D eigenvalue weighted by Gasteiger charge is -2.38. The topological polar surface area (TPSA) is 90.9 Å². The molecule has 0 saturated heterocycles. The molecule has 0 amide bonds. The average molecular weight is 460 g/mol. The van der Waals surface area contributed by atoms with Crippen molar-refractivity contribution in [1.29, 1.82) is 0 Å². The Morgan fingerprint density at radius 2 is 1.91 bits per heavy atom. The molecule has 7 nitrogen and oxygen atoms in total. The van der Waals surface area contributed by atoms with Crippen LogP contribution in [0.5, 0.6) is 0 Å². The van der Waals surface area contributed by atoms with Gasteiger partial charge in [-0.1, -0.05) is 25.1 Å². The van der Waals surface area contributed by atoms with Gasteiger partial charge in [0.2, 0.25) is 0 Å². The molecule has 0 unspecified atom stereocenters. The molecular weight excluding hydrogens is 429 g/mol. The largest absolute Gasteiger partial charge is 0.468 e. The first-order valence-electron chi connectivity index (χ1n) is 11.0. The first-order valence-corrected chi connectivity index (χ1v) is 11.0. The van der Waals surface area contributed by atoms with Crippen molar-refractivity contribution in [1.82, 2.24) is 5.32 Å². The van der Waals surface area contributed by atoms with E-state index in [1.54, 1.807) is 19.9 Å². The van der Waals surface area contributed by atoms with Gasteiger partial charge in [0, 0.05) is 22.5 Å². The Labute approximate surface area is 193 Å². The molecule has 1 heterocycles. The van der Waals surface area contributed by atoms with E-state index in [-0.39, 0.29) is 41.9 Å². The van der Waals surface area contributed by atoms with Gasteiger partial charge in [-0.3, -0.25) is 9.59 Å². The van der Waals surface area contributed by atoms with Crippen LogP contribution in [-0.4, -0.2) is 44.1 Å². The lowest BCUT2D eigenvalue weighted by molar-refractivity contribution is -0.151. The standard InChI is InChI=1S/C25H30FNO6/c1-13(2)32-10-11-33-25(30)20-15(4)27-18-12-14(3)19(24(29)31-5)23(28)22(18)21(20)16-8-6-7-9-17(16)26/h6-9,13-14,19,21,27H,10-12H2,1-5H3/t14-,19-,21+/m1/s1. The summed E-state index contributed by atoms with van der Waals surface area (Å²) in [4.78, 5) is 39.1. The minimum absolute atomic E-state index is 0.0133. The second-order valence-electron chi connectivity index (χ2n) is 8.61. The number of allylic oxidation sites excluding steroid dienone is 3. The molecule has 0 saturated carbocycles. The van der Waals surface area contributed by atoms with Gasteiger partial charge in [0.1, 0.15) is 18.3 Å². The van der Waals surface area contributed by atoms with E-state index >= 15 is 0 Å². The Morgan fingerprint density at radius 1 is 1.21 bits per heavy atom. The number of rotatable bonds is 7. The maximum absolute atomic E-state index is 15.0. The van der Waals surface area contributed by atoms with Crippen LogP contribution < -0.4 is 5.32 Å². The molecule has 0 radical (unpaired) electrons. The number of hydrogen-bond acceptors (Lipinski definition) is 7. The lowest BCUT2D eigenvalue weighted by atomic mass is 9.69. The van der Waals surface area contributed by atoms with Crippen LogP contribution in [0.2, 0.25) is 0 Å². The molecule has 3 atom stereocenters. The Bertz CT molecular complexity index is 1010. The number of dihydropyridines is 1. The molecule has 8 heteroatoms. The van der Waals surface area contributed by atoms with E-state index < -0.39 is 35.4 Å². The Morgan fingerprint density at radius 3 is 2.55 bits per heavy atom. The van der Waals surface area contributed by atoms with Crippen molar-refractivity contribution in [2.75, 3.05) is 20.3 Å². The molecule has 0 aromatic heterocycles. The van der Waals surface area contributed by atoms with Crippen LogP contribution in [-0.2, 0) is 28.6 Å². The molecule has 33 heavy (non-hydrogen) atoms. The third-order valence-electron chi connectivity index (χ3n) is 5.95. The fraction of sp³-hybridized carbons (Fsp3) is 0.480. The number of Topliss-reactive ketones (excluding diaryl/α,β-unsaturated/α-hetero) is 1. The first-order chi connectivity index (χ1) is 15.7. The third kappa shape index (κ3) is 5.00. The number of carbonyl (C=O) groups excluding carboxylic acids is 3. The molecule has 0 fully saturated rings. The van der Waals surface area contributed by atoms with Crippen molar-refractivity contribution in [3.63, 3.8) is 0 Å². The normalized spacial score (nSPS) is 22.8. The first kappa shape index (κ1) is 24.6. The van der Waals surface area contributed by atoms with Crippen LogP contribution in [0.25, 0.3) is 0 Å². The van der Waals surface area contributed by atoms with Crippen LogP contribution in [0.3, 0.4) is 0 Å². The van der Waals surface area contributed by atoms with E-state index in [4.69, 9.17) is 14.2 Å². The van der Waals surface area contributed by atoms with Gasteiger partial charge in [0.15, 0.2) is 5.78 Å². The highest BCUT2D eigenvalue weighted by molar-refractivity contribution is 6.12. The maximum atomic E-state index is 15.0. The van der Waals surface area contributed by atoms with Crippen molar-refractivity contribution < 1.29 is 33.0 Å². The summed E-state index contributed by atoms with van der Waals surface area (Å²) in [5.74, 6) is -4.70. The molecule has 2 aliphatic rings. The third-order valence-corrected chi connectivity index (χ3v) is 5.95. The second-order valence-corrected chi connectivity index (χ2v) is 8.61. The van der Waals surface area contributed by atoms with Gasteiger partial charge in [-0.15, -0.1) is 0 Å². The molecule has 1 aliphatic carbocycles. The Kier molecular flexibility index (Phi) is 7.68. The summed E-state index contributed by atoms with van der Waals surface area (Å²) in [5, 5.41) is 3.15. The zero-order chi connectivity index (χ0) is 24.3. The van der Waals surface area contributed by atoms with E-state index in [0.29, 0.717) is 17.8 Å². The fourth-order valence-corrected chi connectivity index (χ4v) is 4.47. The summed E-state index contributed by atoms with van der Waals surface area (Å²) in [6, 6.07) is 6.00. The fourth-order valence-electron chi connectivity index (χ4n) is 4.47. The number of ether oxygens (including phenoxy) is 3. The zero-order valence-corrected chi connectivity index (χ0v) is 19.6. The van der Waals surface area contributed by atoms with Gasteiger partial charge in [0.25, 0.3) is 0 Å². The SMILES string of the molecule is COC(=O)[C@H]1C(=O)C2=C(C[C@H]1C)NC(C)=C(C(=O)OCCOC(C)C)[C@@H]2c1ccccc1F. The van der Waals surface area contributed by atoms with Gasteiger partial charge in [0.05, 0.1) is 31.3 Å². The van der Waals surface area contributed by atoms with Gasteiger partial charge in [-0.2, -0.15) is 0 Å². The van der Waals surface area contributed by atoms with Crippen molar-refractivity contribution in [3.8, 4) is 0 Å². The molecule has 1 aliphatic heterocycles. The second kappa shape index (κ2) is 10.3. The van der Waals surface area contributed by atoms with E-state index in [9.17, 15) is 18.8 Å². The molecule has 1 N–H and O–H groups in total. The van der Waals surface area contributed by atoms with E-state index in [0.717, 1.165) is 0 Å². The number of esters is 2. The molecular formula is C25H30FNO6. The van der Waals surface area contributed by atoms with E-state index in [1.165, 1.54) is 25.3 Å². The molecule has 0 spiro atoms. The predicted molar refractivity (Wildman–Crippen MR) is 118 cm³/mol. The summed E-state index contributed by atoms with van der Waals surface area (Å²) in [6.45, 7) is 7.45. The van der Waals surface area contributed by atoms with Gasteiger partial charge in [-0.05, 0) is 39.2 Å². The molecule has 0 bridgehead atoms. The summed E-state index contributed by atoms with van der Waals surface area (Å²) >= 11 is 0. The van der Waals surface area contributed by atoms with Crippen LogP contribution in [0.1, 0.15) is 45.6 Å². The highest BCUT2D eigenvalue weighted by Crippen LogP contribution is 2.46. The van der Waals surface area contributed by atoms with Gasteiger partial charge < -0.3 is 19.5 Å². The smallest absolute Gasteiger partial charge is 0.336 e. The Hall–Kier alpha value is -3.00.